The van der Waals surface area contributed by atoms with Crippen LogP contribution < -0.4 is 16.0 Å². The molecule has 0 aliphatic heterocycles. The highest BCUT2D eigenvalue weighted by Gasteiger charge is 2.21. The van der Waals surface area contributed by atoms with Crippen molar-refractivity contribution < 1.29 is 24.2 Å². The number of aliphatic hydroxyl groups excluding tert-OH is 1. The molecule has 0 bridgehead atoms. The smallest absolute Gasteiger partial charge is 0.411 e. The molecule has 2 aromatic carbocycles. The predicted molar refractivity (Wildman–Crippen MR) is 162 cm³/mol. The lowest BCUT2D eigenvalue weighted by Crippen LogP contribution is -2.30. The minimum atomic E-state index is -0.646. The highest BCUT2D eigenvalue weighted by Crippen LogP contribution is 2.31. The maximum atomic E-state index is 13.3. The van der Waals surface area contributed by atoms with Gasteiger partial charge in [0, 0.05) is 39.1 Å². The fourth-order valence-corrected chi connectivity index (χ4v) is 4.76. The second-order valence-corrected chi connectivity index (χ2v) is 10.1. The number of halogens is 1. The summed E-state index contributed by atoms with van der Waals surface area (Å²) < 4.78 is 4.63. The van der Waals surface area contributed by atoms with Crippen LogP contribution in [-0.2, 0) is 20.7 Å². The summed E-state index contributed by atoms with van der Waals surface area (Å²) in [6.07, 6.45) is 5.52. The van der Waals surface area contributed by atoms with E-state index < -0.39 is 18.2 Å². The Labute approximate surface area is 247 Å². The number of amides is 3. The van der Waals surface area contributed by atoms with Crippen LogP contribution in [0.2, 0.25) is 5.02 Å². The Balaban J connectivity index is 1.60. The van der Waals surface area contributed by atoms with Crippen LogP contribution in [0.4, 0.5) is 16.2 Å². The van der Waals surface area contributed by atoms with E-state index >= 15 is 0 Å². The zero-order valence-corrected chi connectivity index (χ0v) is 24.2. The first-order valence-electron chi connectivity index (χ1n) is 13.4. The Kier molecular flexibility index (Phi) is 10.00. The topological polar surface area (TPSA) is 161 Å². The lowest BCUT2D eigenvalue weighted by Gasteiger charge is -2.16. The maximum absolute atomic E-state index is 13.3. The number of aromatic nitrogens is 3. The summed E-state index contributed by atoms with van der Waals surface area (Å²) in [5, 5.41) is 19.7. The molecule has 0 aliphatic rings. The van der Waals surface area contributed by atoms with Gasteiger partial charge in [0.05, 0.1) is 37.1 Å². The molecule has 0 radical (unpaired) electrons. The third-order valence-electron chi connectivity index (χ3n) is 6.77. The molecule has 0 spiro atoms. The Hall–Kier alpha value is -4.61. The third-order valence-corrected chi connectivity index (χ3v) is 7.01. The van der Waals surface area contributed by atoms with Gasteiger partial charge in [-0.1, -0.05) is 30.7 Å². The number of anilines is 2. The molecule has 11 nitrogen and oxygen atoms in total. The van der Waals surface area contributed by atoms with Crippen LogP contribution >= 0.6 is 11.6 Å². The van der Waals surface area contributed by atoms with E-state index in [1.54, 1.807) is 36.5 Å². The molecule has 42 heavy (non-hydrogen) atoms. The molecule has 4 rings (SSSR count). The number of aliphatic hydroxyl groups is 1. The molecule has 0 fully saturated rings. The van der Waals surface area contributed by atoms with Crippen molar-refractivity contribution in [2.24, 2.45) is 0 Å². The number of benzene rings is 2. The third kappa shape index (κ3) is 7.36. The number of carbonyl (C=O) groups excluding carboxylic acids is 3. The highest BCUT2D eigenvalue weighted by atomic mass is 35.5. The van der Waals surface area contributed by atoms with Crippen LogP contribution in [0.3, 0.4) is 0 Å². The quantitative estimate of drug-likeness (QED) is 0.0955. The molecule has 2 atom stereocenters. The molecule has 12 heteroatoms. The normalized spacial score (nSPS) is 12.7. The lowest BCUT2D eigenvalue weighted by molar-refractivity contribution is -0.121. The molecule has 0 saturated carbocycles. The second-order valence-electron chi connectivity index (χ2n) is 9.66. The lowest BCUT2D eigenvalue weighted by atomic mass is 10.1. The van der Waals surface area contributed by atoms with Crippen molar-refractivity contribution in [2.45, 2.75) is 45.3 Å². The summed E-state index contributed by atoms with van der Waals surface area (Å²) in [5.74, 6) is 0.273. The van der Waals surface area contributed by atoms with E-state index in [1.807, 2.05) is 32.1 Å². The number of fused-ring (bicyclic) bond motifs is 1. The van der Waals surface area contributed by atoms with E-state index in [1.165, 1.54) is 7.11 Å². The molecule has 2 aromatic heterocycles. The number of nitrogens with one attached hydrogen (secondary N) is 5. The van der Waals surface area contributed by atoms with Gasteiger partial charge in [0.15, 0.2) is 0 Å². The van der Waals surface area contributed by atoms with Crippen molar-refractivity contribution >= 4 is 52.3 Å². The number of rotatable bonds is 12. The number of H-pyrrole nitrogens is 2. The van der Waals surface area contributed by atoms with Crippen LogP contribution in [0.1, 0.15) is 42.9 Å². The standard InChI is InChI=1S/C30H33ClN6O5/c1-4-20(39)6-5-7-25(36-28(40)14-22-17(2)34-24-11-8-18(31)12-23(22)24)29-32-15-27(37-29)21-10-9-19(35-30(41)42-3)13-26(21)33-16-38/h5-6,8-13,15-16,20,25,34,39H,4,7,14H2,1-3H3,(H,32,37)(H,33,38)(H,35,41)(H,36,40)/b6-5+. The second kappa shape index (κ2) is 13.8. The first-order valence-corrected chi connectivity index (χ1v) is 13.8. The zero-order valence-electron chi connectivity index (χ0n) is 23.5. The van der Waals surface area contributed by atoms with E-state index in [0.29, 0.717) is 52.7 Å². The van der Waals surface area contributed by atoms with Crippen molar-refractivity contribution in [3.63, 3.8) is 0 Å². The number of nitrogens with zero attached hydrogens (tertiary/aromatic N) is 1. The van der Waals surface area contributed by atoms with Gasteiger partial charge in [-0.3, -0.25) is 14.9 Å². The summed E-state index contributed by atoms with van der Waals surface area (Å²) in [6, 6.07) is 9.92. The molecular weight excluding hydrogens is 560 g/mol. The predicted octanol–water partition coefficient (Wildman–Crippen LogP) is 5.38. The van der Waals surface area contributed by atoms with Crippen LogP contribution in [0.25, 0.3) is 22.2 Å². The summed E-state index contributed by atoms with van der Waals surface area (Å²) in [6.45, 7) is 3.79. The molecule has 6 N–H and O–H groups in total. The molecule has 0 saturated heterocycles. The molecule has 0 aliphatic carbocycles. The van der Waals surface area contributed by atoms with Crippen LogP contribution in [-0.4, -0.2) is 51.7 Å². The molecular formula is C30H33ClN6O5. The van der Waals surface area contributed by atoms with Gasteiger partial charge in [-0.15, -0.1) is 0 Å². The van der Waals surface area contributed by atoms with E-state index in [9.17, 15) is 19.5 Å². The van der Waals surface area contributed by atoms with Gasteiger partial charge in [-0.05, 0) is 61.7 Å². The van der Waals surface area contributed by atoms with Crippen molar-refractivity contribution in [2.75, 3.05) is 17.7 Å². The minimum absolute atomic E-state index is 0.125. The zero-order chi connectivity index (χ0) is 30.2. The van der Waals surface area contributed by atoms with Crippen molar-refractivity contribution in [1.82, 2.24) is 20.3 Å². The van der Waals surface area contributed by atoms with Gasteiger partial charge < -0.3 is 30.4 Å². The first kappa shape index (κ1) is 30.4. The molecule has 2 heterocycles. The number of imidazole rings is 1. The van der Waals surface area contributed by atoms with E-state index in [4.69, 9.17) is 16.6 Å². The molecule has 4 aromatic rings. The Bertz CT molecular complexity index is 1610. The number of hydrogen-bond acceptors (Lipinski definition) is 6. The fourth-order valence-electron chi connectivity index (χ4n) is 4.59. The SMILES string of the molecule is CCC(O)/C=C/CC(NC(=O)Cc1c(C)[nH]c2ccc(Cl)cc12)c1nc(-c2ccc(NC(=O)OC)cc2NC=O)c[nH]1. The Morgan fingerprint density at radius 3 is 2.76 bits per heavy atom. The van der Waals surface area contributed by atoms with Gasteiger partial charge in [-0.2, -0.15) is 0 Å². The average molecular weight is 593 g/mol. The maximum Gasteiger partial charge on any atom is 0.411 e. The largest absolute Gasteiger partial charge is 0.453 e. The van der Waals surface area contributed by atoms with Crippen molar-refractivity contribution in [3.8, 4) is 11.3 Å². The Morgan fingerprint density at radius 1 is 1.21 bits per heavy atom. The first-order chi connectivity index (χ1) is 20.2. The number of ether oxygens (including phenoxy) is 1. The Morgan fingerprint density at radius 2 is 2.02 bits per heavy atom. The van der Waals surface area contributed by atoms with Crippen LogP contribution in [0.5, 0.6) is 0 Å². The van der Waals surface area contributed by atoms with Gasteiger partial charge in [0.25, 0.3) is 0 Å². The fraction of sp³-hybridized carbons (Fsp3) is 0.267. The molecule has 2 unspecified atom stereocenters. The number of hydrogen-bond donors (Lipinski definition) is 6. The van der Waals surface area contributed by atoms with Crippen molar-refractivity contribution in [3.05, 3.63) is 76.9 Å². The molecule has 220 valence electrons. The monoisotopic (exact) mass is 592 g/mol. The number of aromatic amines is 2. The van der Waals surface area contributed by atoms with Gasteiger partial charge >= 0.3 is 6.09 Å². The van der Waals surface area contributed by atoms with Crippen LogP contribution in [0, 0.1) is 6.92 Å². The summed E-state index contributed by atoms with van der Waals surface area (Å²) >= 11 is 6.21. The van der Waals surface area contributed by atoms with E-state index in [0.717, 1.165) is 22.2 Å². The minimum Gasteiger partial charge on any atom is -0.453 e. The number of carbonyl (C=O) groups is 3. The van der Waals surface area contributed by atoms with Gasteiger partial charge in [0.2, 0.25) is 12.3 Å². The van der Waals surface area contributed by atoms with E-state index in [-0.39, 0.29) is 12.3 Å². The van der Waals surface area contributed by atoms with E-state index in [2.05, 4.69) is 30.7 Å². The van der Waals surface area contributed by atoms with Gasteiger partial charge in [-0.25, -0.2) is 9.78 Å². The van der Waals surface area contributed by atoms with Gasteiger partial charge in [0.1, 0.15) is 5.82 Å². The summed E-state index contributed by atoms with van der Waals surface area (Å²) in [5.41, 5.74) is 4.57. The number of aryl methyl sites for hydroxylation is 1. The van der Waals surface area contributed by atoms with Crippen molar-refractivity contribution in [1.29, 1.82) is 0 Å². The highest BCUT2D eigenvalue weighted by molar-refractivity contribution is 6.31. The summed E-state index contributed by atoms with van der Waals surface area (Å²) in [7, 11) is 1.25. The number of methoxy groups -OCH3 is 1. The average Bonchev–Trinajstić information content (AvgIpc) is 3.57. The summed E-state index contributed by atoms with van der Waals surface area (Å²) in [4.78, 5) is 47.4. The van der Waals surface area contributed by atoms with Crippen LogP contribution in [0.15, 0.2) is 54.7 Å². The molecule has 3 amide bonds.